The van der Waals surface area contributed by atoms with Crippen LogP contribution in [0.4, 0.5) is 0 Å². The van der Waals surface area contributed by atoms with Gasteiger partial charge >= 0.3 is 11.9 Å². The first-order valence-corrected chi connectivity index (χ1v) is 18.2. The van der Waals surface area contributed by atoms with Crippen LogP contribution in [0, 0.1) is 0 Å². The second-order valence-corrected chi connectivity index (χ2v) is 12.3. The Balaban J connectivity index is 3.53. The molecule has 0 saturated heterocycles. The second kappa shape index (κ2) is 34.1. The fraction of sp³-hybridized carbons (Fsp3) is 0.892. The fourth-order valence-corrected chi connectivity index (χ4v) is 5.25. The van der Waals surface area contributed by atoms with Crippen molar-refractivity contribution in [2.75, 3.05) is 13.2 Å². The van der Waals surface area contributed by atoms with Gasteiger partial charge < -0.3 is 14.6 Å². The first kappa shape index (κ1) is 40.6. The Hall–Kier alpha value is -1.36. The summed E-state index contributed by atoms with van der Waals surface area (Å²) >= 11 is 0. The highest BCUT2D eigenvalue weighted by Gasteiger charge is 2.16. The Kier molecular flexibility index (Phi) is 33.0. The Morgan fingerprint density at radius 3 is 1.33 bits per heavy atom. The molecule has 1 N–H and O–H groups in total. The normalized spacial score (nSPS) is 12.2. The summed E-state index contributed by atoms with van der Waals surface area (Å²) in [5, 5.41) is 9.51. The molecule has 1 unspecified atom stereocenters. The third kappa shape index (κ3) is 31.6. The molecule has 0 radical (unpaired) electrons. The first-order chi connectivity index (χ1) is 20.6. The van der Waals surface area contributed by atoms with Gasteiger partial charge in [0, 0.05) is 12.8 Å². The summed E-state index contributed by atoms with van der Waals surface area (Å²) in [5.41, 5.74) is 0. The number of aliphatic hydroxyl groups is 1. The van der Waals surface area contributed by atoms with E-state index < -0.39 is 6.10 Å². The quantitative estimate of drug-likeness (QED) is 0.0465. The molecule has 0 heterocycles. The number of carbonyl (C=O) groups is 2. The van der Waals surface area contributed by atoms with Crippen LogP contribution < -0.4 is 0 Å². The molecular weight excluding hydrogens is 524 g/mol. The summed E-state index contributed by atoms with van der Waals surface area (Å²) in [5.74, 6) is -0.594. The van der Waals surface area contributed by atoms with Crippen molar-refractivity contribution < 1.29 is 24.2 Å². The zero-order chi connectivity index (χ0) is 30.8. The molecule has 0 aliphatic heterocycles. The van der Waals surface area contributed by atoms with E-state index in [1.165, 1.54) is 122 Å². The van der Waals surface area contributed by atoms with Gasteiger partial charge in [-0.05, 0) is 38.5 Å². The van der Waals surface area contributed by atoms with Crippen molar-refractivity contribution in [3.63, 3.8) is 0 Å². The van der Waals surface area contributed by atoms with Crippen LogP contribution in [0.3, 0.4) is 0 Å². The van der Waals surface area contributed by atoms with Gasteiger partial charge in [-0.2, -0.15) is 0 Å². The molecule has 0 fully saturated rings. The summed E-state index contributed by atoms with van der Waals surface area (Å²) in [7, 11) is 0. The summed E-state index contributed by atoms with van der Waals surface area (Å²) in [4.78, 5) is 24.1. The van der Waals surface area contributed by atoms with Crippen LogP contribution in [0.2, 0.25) is 0 Å². The summed E-state index contributed by atoms with van der Waals surface area (Å²) in [6, 6.07) is 0. The number of hydrogen-bond donors (Lipinski definition) is 1. The lowest BCUT2D eigenvalue weighted by atomic mass is 10.0. The summed E-state index contributed by atoms with van der Waals surface area (Å²) in [6.07, 6.45) is 36.9. The van der Waals surface area contributed by atoms with Crippen molar-refractivity contribution in [1.82, 2.24) is 0 Å². The molecule has 0 rings (SSSR count). The van der Waals surface area contributed by atoms with Gasteiger partial charge in [-0.25, -0.2) is 0 Å². The maximum atomic E-state index is 12.1. The van der Waals surface area contributed by atoms with Gasteiger partial charge in [0.25, 0.3) is 0 Å². The molecule has 5 heteroatoms. The minimum atomic E-state index is -0.767. The number of ether oxygens (including phenoxy) is 2. The predicted octanol–water partition coefficient (Wildman–Crippen LogP) is 11.0. The highest BCUT2D eigenvalue weighted by molar-refractivity contribution is 5.70. The van der Waals surface area contributed by atoms with Crippen LogP contribution in [0.15, 0.2) is 12.2 Å². The van der Waals surface area contributed by atoms with E-state index in [9.17, 15) is 14.7 Å². The zero-order valence-corrected chi connectivity index (χ0v) is 28.0. The average Bonchev–Trinajstić information content (AvgIpc) is 2.99. The fourth-order valence-electron chi connectivity index (χ4n) is 5.25. The van der Waals surface area contributed by atoms with Crippen LogP contribution in [-0.2, 0) is 19.1 Å². The first-order valence-electron chi connectivity index (χ1n) is 18.2. The molecule has 248 valence electrons. The molecule has 0 amide bonds. The molecular formula is C37H70O5. The van der Waals surface area contributed by atoms with Gasteiger partial charge in [-0.3, -0.25) is 9.59 Å². The van der Waals surface area contributed by atoms with Gasteiger partial charge in [0.15, 0.2) is 6.10 Å². The predicted molar refractivity (Wildman–Crippen MR) is 178 cm³/mol. The summed E-state index contributed by atoms with van der Waals surface area (Å²) in [6.45, 7) is 4.11. The van der Waals surface area contributed by atoms with E-state index in [-0.39, 0.29) is 25.2 Å². The van der Waals surface area contributed by atoms with E-state index in [1.54, 1.807) is 0 Å². The number of aliphatic hydroxyl groups excluding tert-OH is 1. The van der Waals surface area contributed by atoms with Crippen LogP contribution >= 0.6 is 0 Å². The van der Waals surface area contributed by atoms with Crippen molar-refractivity contribution in [3.05, 3.63) is 12.2 Å². The summed E-state index contributed by atoms with van der Waals surface area (Å²) < 4.78 is 10.6. The molecule has 0 aliphatic carbocycles. The highest BCUT2D eigenvalue weighted by Crippen LogP contribution is 2.14. The SMILES string of the molecule is CCCCC/C=C\CCCCCCCC(=O)OC(CO)COC(=O)CCCCCCCCCCCCCCCCCC. The van der Waals surface area contributed by atoms with Crippen molar-refractivity contribution in [2.45, 2.75) is 200 Å². The zero-order valence-electron chi connectivity index (χ0n) is 28.0. The maximum absolute atomic E-state index is 12.1. The number of carbonyl (C=O) groups excluding carboxylic acids is 2. The van der Waals surface area contributed by atoms with Crippen molar-refractivity contribution in [2.24, 2.45) is 0 Å². The smallest absolute Gasteiger partial charge is 0.306 e. The van der Waals surface area contributed by atoms with Gasteiger partial charge in [0.05, 0.1) is 6.61 Å². The Bertz CT molecular complexity index is 603. The van der Waals surface area contributed by atoms with E-state index >= 15 is 0 Å². The molecule has 1 atom stereocenters. The third-order valence-corrected chi connectivity index (χ3v) is 8.06. The van der Waals surface area contributed by atoms with Crippen molar-refractivity contribution >= 4 is 11.9 Å². The number of hydrogen-bond acceptors (Lipinski definition) is 5. The molecule has 0 aromatic heterocycles. The van der Waals surface area contributed by atoms with E-state index in [4.69, 9.17) is 9.47 Å². The average molecular weight is 595 g/mol. The Labute approximate surface area is 261 Å². The monoisotopic (exact) mass is 595 g/mol. The molecule has 0 spiro atoms. The Morgan fingerprint density at radius 2 is 0.881 bits per heavy atom. The van der Waals surface area contributed by atoms with Crippen LogP contribution in [-0.4, -0.2) is 36.4 Å². The largest absolute Gasteiger partial charge is 0.462 e. The minimum absolute atomic E-state index is 0.0636. The third-order valence-electron chi connectivity index (χ3n) is 8.06. The maximum Gasteiger partial charge on any atom is 0.306 e. The number of allylic oxidation sites excluding steroid dienone is 2. The molecule has 0 bridgehead atoms. The lowest BCUT2D eigenvalue weighted by Gasteiger charge is -2.15. The van der Waals surface area contributed by atoms with Crippen LogP contribution in [0.25, 0.3) is 0 Å². The van der Waals surface area contributed by atoms with Crippen molar-refractivity contribution in [3.8, 4) is 0 Å². The van der Waals surface area contributed by atoms with E-state index in [2.05, 4.69) is 26.0 Å². The Morgan fingerprint density at radius 1 is 0.524 bits per heavy atom. The molecule has 42 heavy (non-hydrogen) atoms. The molecule has 0 aromatic carbocycles. The molecule has 0 saturated carbocycles. The van der Waals surface area contributed by atoms with Gasteiger partial charge in [0.1, 0.15) is 6.61 Å². The molecule has 5 nitrogen and oxygen atoms in total. The van der Waals surface area contributed by atoms with Gasteiger partial charge in [-0.1, -0.05) is 154 Å². The number of rotatable bonds is 33. The van der Waals surface area contributed by atoms with E-state index in [0.29, 0.717) is 12.8 Å². The van der Waals surface area contributed by atoms with Crippen molar-refractivity contribution in [1.29, 1.82) is 0 Å². The molecule has 0 aliphatic rings. The second-order valence-electron chi connectivity index (χ2n) is 12.3. The lowest BCUT2D eigenvalue weighted by Crippen LogP contribution is -2.28. The van der Waals surface area contributed by atoms with Crippen LogP contribution in [0.5, 0.6) is 0 Å². The van der Waals surface area contributed by atoms with Gasteiger partial charge in [-0.15, -0.1) is 0 Å². The van der Waals surface area contributed by atoms with E-state index in [1.807, 2.05) is 0 Å². The highest BCUT2D eigenvalue weighted by atomic mass is 16.6. The van der Waals surface area contributed by atoms with Gasteiger partial charge in [0.2, 0.25) is 0 Å². The topological polar surface area (TPSA) is 72.8 Å². The van der Waals surface area contributed by atoms with E-state index in [0.717, 1.165) is 44.9 Å². The standard InChI is InChI=1S/C37H70O5/c1-3-5-7-9-11-13-15-17-18-19-20-22-23-25-27-29-31-36(39)41-34-35(33-38)42-37(40)32-30-28-26-24-21-16-14-12-10-8-6-4-2/h12,14,35,38H,3-11,13,15-34H2,1-2H3/b14-12-. The molecule has 0 aromatic rings. The number of esters is 2. The van der Waals surface area contributed by atoms with Crippen LogP contribution in [0.1, 0.15) is 194 Å². The number of unbranched alkanes of at least 4 members (excludes halogenated alkanes) is 23. The minimum Gasteiger partial charge on any atom is -0.462 e. The lowest BCUT2D eigenvalue weighted by molar-refractivity contribution is -0.161.